The number of nitrogens with zero attached hydrogens (tertiary/aromatic N) is 3. The maximum atomic E-state index is 13.1. The monoisotopic (exact) mass is 335 g/mol. The number of benzene rings is 1. The van der Waals surface area contributed by atoms with E-state index in [1.807, 2.05) is 4.90 Å². The summed E-state index contributed by atoms with van der Waals surface area (Å²) in [6.45, 7) is 5.47. The Morgan fingerprint density at radius 3 is 2.48 bits per heavy atom. The zero-order valence-corrected chi connectivity index (χ0v) is 14.0. The minimum absolute atomic E-state index is 0.0761. The second-order valence-corrected chi connectivity index (χ2v) is 6.47. The summed E-state index contributed by atoms with van der Waals surface area (Å²) in [5.74, 6) is 0.248. The van der Waals surface area contributed by atoms with Gasteiger partial charge in [-0.1, -0.05) is 18.5 Å². The van der Waals surface area contributed by atoms with Crippen LogP contribution >= 0.6 is 11.6 Å². The van der Waals surface area contributed by atoms with Gasteiger partial charge >= 0.3 is 0 Å². The van der Waals surface area contributed by atoms with Crippen molar-refractivity contribution in [2.75, 3.05) is 13.1 Å². The van der Waals surface area contributed by atoms with Crippen LogP contribution in [0.4, 0.5) is 4.39 Å². The van der Waals surface area contributed by atoms with Crippen molar-refractivity contribution in [2.24, 2.45) is 5.92 Å². The molecule has 0 radical (unpaired) electrons. The van der Waals surface area contributed by atoms with E-state index in [2.05, 4.69) is 12.0 Å². The molecule has 0 spiro atoms. The summed E-state index contributed by atoms with van der Waals surface area (Å²) in [4.78, 5) is 14.6. The molecule has 1 aromatic heterocycles. The lowest BCUT2D eigenvalue weighted by Gasteiger charge is -2.30. The molecule has 6 heteroatoms. The second kappa shape index (κ2) is 6.32. The molecule has 122 valence electrons. The highest BCUT2D eigenvalue weighted by Gasteiger charge is 2.27. The molecule has 3 rings (SSSR count). The molecule has 23 heavy (non-hydrogen) atoms. The van der Waals surface area contributed by atoms with Gasteiger partial charge in [-0.25, -0.2) is 9.07 Å². The molecule has 1 aliphatic rings. The van der Waals surface area contributed by atoms with E-state index >= 15 is 0 Å². The third-order valence-corrected chi connectivity index (χ3v) is 4.71. The van der Waals surface area contributed by atoms with Crippen molar-refractivity contribution in [1.82, 2.24) is 14.7 Å². The molecule has 0 saturated carbocycles. The highest BCUT2D eigenvalue weighted by molar-refractivity contribution is 6.33. The van der Waals surface area contributed by atoms with Crippen LogP contribution in [0.25, 0.3) is 5.69 Å². The van der Waals surface area contributed by atoms with Crippen molar-refractivity contribution >= 4 is 17.5 Å². The summed E-state index contributed by atoms with van der Waals surface area (Å²) >= 11 is 6.41. The minimum atomic E-state index is -0.326. The largest absolute Gasteiger partial charge is 0.338 e. The fraction of sp³-hybridized carbons (Fsp3) is 0.412. The quantitative estimate of drug-likeness (QED) is 0.836. The van der Waals surface area contributed by atoms with Crippen LogP contribution in [0, 0.1) is 18.7 Å². The molecule has 0 aliphatic carbocycles. The normalized spacial score (nSPS) is 15.9. The number of likely N-dealkylation sites (tertiary alicyclic amines) is 1. The average molecular weight is 336 g/mol. The maximum absolute atomic E-state index is 13.1. The summed E-state index contributed by atoms with van der Waals surface area (Å²) in [5.41, 5.74) is 1.65. The van der Waals surface area contributed by atoms with Gasteiger partial charge in [-0.2, -0.15) is 5.10 Å². The molecule has 1 fully saturated rings. The van der Waals surface area contributed by atoms with Gasteiger partial charge in [0.15, 0.2) is 0 Å². The molecule has 0 bridgehead atoms. The maximum Gasteiger partial charge on any atom is 0.258 e. The number of carbonyl (C=O) groups is 1. The van der Waals surface area contributed by atoms with Gasteiger partial charge in [0.2, 0.25) is 0 Å². The van der Waals surface area contributed by atoms with Gasteiger partial charge in [-0.3, -0.25) is 4.79 Å². The Labute approximate surface area is 139 Å². The van der Waals surface area contributed by atoms with Gasteiger partial charge in [0, 0.05) is 13.1 Å². The number of hydrogen-bond acceptors (Lipinski definition) is 2. The van der Waals surface area contributed by atoms with E-state index in [-0.39, 0.29) is 16.9 Å². The Hall–Kier alpha value is -1.88. The molecular weight excluding hydrogens is 317 g/mol. The van der Waals surface area contributed by atoms with Gasteiger partial charge in [-0.15, -0.1) is 0 Å². The topological polar surface area (TPSA) is 38.1 Å². The van der Waals surface area contributed by atoms with E-state index in [0.29, 0.717) is 22.9 Å². The Bertz CT molecular complexity index is 718. The lowest BCUT2D eigenvalue weighted by atomic mass is 9.99. The van der Waals surface area contributed by atoms with Crippen molar-refractivity contribution in [3.05, 3.63) is 46.5 Å². The summed E-state index contributed by atoms with van der Waals surface area (Å²) in [7, 11) is 0. The van der Waals surface area contributed by atoms with Crippen molar-refractivity contribution in [1.29, 1.82) is 0 Å². The van der Waals surface area contributed by atoms with Crippen LogP contribution in [0.3, 0.4) is 0 Å². The first-order valence-corrected chi connectivity index (χ1v) is 8.15. The molecular formula is C17H19ClFN3O. The summed E-state index contributed by atoms with van der Waals surface area (Å²) in [5, 5.41) is 4.63. The highest BCUT2D eigenvalue weighted by atomic mass is 35.5. The van der Waals surface area contributed by atoms with Crippen LogP contribution < -0.4 is 0 Å². The highest BCUT2D eigenvalue weighted by Crippen LogP contribution is 2.27. The van der Waals surface area contributed by atoms with E-state index in [1.165, 1.54) is 16.8 Å². The first-order chi connectivity index (χ1) is 11.0. The van der Waals surface area contributed by atoms with Crippen molar-refractivity contribution < 1.29 is 9.18 Å². The van der Waals surface area contributed by atoms with Gasteiger partial charge in [0.05, 0.1) is 16.9 Å². The van der Waals surface area contributed by atoms with E-state index in [4.69, 9.17) is 11.6 Å². The average Bonchev–Trinajstić information content (AvgIpc) is 2.83. The van der Waals surface area contributed by atoms with Crippen LogP contribution in [0.15, 0.2) is 24.3 Å². The molecule has 1 saturated heterocycles. The van der Waals surface area contributed by atoms with Gasteiger partial charge in [-0.05, 0) is 49.9 Å². The van der Waals surface area contributed by atoms with Crippen LogP contribution in [0.2, 0.25) is 5.15 Å². The van der Waals surface area contributed by atoms with Crippen molar-refractivity contribution in [3.63, 3.8) is 0 Å². The molecule has 0 atom stereocenters. The van der Waals surface area contributed by atoms with E-state index in [9.17, 15) is 9.18 Å². The lowest BCUT2D eigenvalue weighted by molar-refractivity contribution is 0.0696. The molecule has 2 heterocycles. The SMILES string of the molecule is Cc1nn(-c2ccc(F)cc2)c(Cl)c1C(=O)N1CCC(C)CC1. The molecule has 1 amide bonds. The van der Waals surface area contributed by atoms with Crippen molar-refractivity contribution in [3.8, 4) is 5.69 Å². The van der Waals surface area contributed by atoms with E-state index in [1.54, 1.807) is 19.1 Å². The van der Waals surface area contributed by atoms with E-state index in [0.717, 1.165) is 25.9 Å². The Morgan fingerprint density at radius 1 is 1.26 bits per heavy atom. The summed E-state index contributed by atoms with van der Waals surface area (Å²) in [6.07, 6.45) is 2.02. The number of hydrogen-bond donors (Lipinski definition) is 0. The first-order valence-electron chi connectivity index (χ1n) is 7.77. The predicted octanol–water partition coefficient (Wildman–Crippen LogP) is 3.85. The van der Waals surface area contributed by atoms with Gasteiger partial charge < -0.3 is 4.90 Å². The Kier molecular flexibility index (Phi) is 4.39. The molecule has 0 N–H and O–H groups in total. The zero-order valence-electron chi connectivity index (χ0n) is 13.2. The number of halogens is 2. The lowest BCUT2D eigenvalue weighted by Crippen LogP contribution is -2.38. The molecule has 4 nitrogen and oxygen atoms in total. The number of piperidine rings is 1. The summed E-state index contributed by atoms with van der Waals surface area (Å²) < 4.78 is 14.5. The Morgan fingerprint density at radius 2 is 1.87 bits per heavy atom. The minimum Gasteiger partial charge on any atom is -0.338 e. The smallest absolute Gasteiger partial charge is 0.258 e. The van der Waals surface area contributed by atoms with Crippen LogP contribution in [0.1, 0.15) is 35.8 Å². The summed E-state index contributed by atoms with van der Waals surface area (Å²) in [6, 6.07) is 5.86. The predicted molar refractivity (Wildman–Crippen MR) is 87.6 cm³/mol. The zero-order chi connectivity index (χ0) is 16.6. The van der Waals surface area contributed by atoms with Crippen molar-refractivity contribution in [2.45, 2.75) is 26.7 Å². The number of carbonyl (C=O) groups excluding carboxylic acids is 1. The molecule has 0 unspecified atom stereocenters. The van der Waals surface area contributed by atoms with Gasteiger partial charge in [0.25, 0.3) is 5.91 Å². The second-order valence-electron chi connectivity index (χ2n) is 6.11. The van der Waals surface area contributed by atoms with Gasteiger partial charge in [0.1, 0.15) is 11.0 Å². The first kappa shape index (κ1) is 16.0. The fourth-order valence-corrected chi connectivity index (χ4v) is 3.22. The third kappa shape index (κ3) is 3.11. The molecule has 1 aliphatic heterocycles. The number of aryl methyl sites for hydroxylation is 1. The third-order valence-electron chi connectivity index (χ3n) is 4.36. The number of aromatic nitrogens is 2. The van der Waals surface area contributed by atoms with E-state index < -0.39 is 0 Å². The Balaban J connectivity index is 1.91. The fourth-order valence-electron chi connectivity index (χ4n) is 2.87. The number of rotatable bonds is 2. The molecule has 2 aromatic rings. The van der Waals surface area contributed by atoms with Crippen LogP contribution in [0.5, 0.6) is 0 Å². The van der Waals surface area contributed by atoms with Crippen LogP contribution in [-0.2, 0) is 0 Å². The number of amides is 1. The van der Waals surface area contributed by atoms with Crippen LogP contribution in [-0.4, -0.2) is 33.7 Å². The standard InChI is InChI=1S/C17H19ClFN3O/c1-11-7-9-21(10-8-11)17(23)15-12(2)20-22(16(15)18)14-5-3-13(19)4-6-14/h3-6,11H,7-10H2,1-2H3. The molecule has 1 aromatic carbocycles.